The van der Waals surface area contributed by atoms with E-state index in [0.29, 0.717) is 12.2 Å². The van der Waals surface area contributed by atoms with Crippen molar-refractivity contribution in [3.63, 3.8) is 0 Å². The quantitative estimate of drug-likeness (QED) is 0.661. The first-order chi connectivity index (χ1) is 9.06. The number of rotatable bonds is 5. The van der Waals surface area contributed by atoms with Gasteiger partial charge in [-0.25, -0.2) is 4.98 Å². The van der Waals surface area contributed by atoms with Crippen LogP contribution in [-0.2, 0) is 6.42 Å². The molecule has 100 valence electrons. The Morgan fingerprint density at radius 3 is 2.89 bits per heavy atom. The minimum atomic E-state index is -0.436. The maximum atomic E-state index is 10.9. The third-order valence-electron chi connectivity index (χ3n) is 2.68. The number of aromatic nitrogens is 1. The molecule has 19 heavy (non-hydrogen) atoms. The monoisotopic (exact) mass is 261 g/mol. The van der Waals surface area contributed by atoms with E-state index in [1.807, 2.05) is 19.1 Å². The second-order valence-electron chi connectivity index (χ2n) is 4.41. The molecule has 2 aromatic rings. The normalized spacial score (nSPS) is 12.1. The van der Waals surface area contributed by atoms with E-state index in [-0.39, 0.29) is 11.7 Å². The van der Waals surface area contributed by atoms with Crippen LogP contribution in [0.4, 0.5) is 11.5 Å². The Morgan fingerprint density at radius 1 is 1.47 bits per heavy atom. The standard InChI is InChI=1S/C13H15N3O3/c1-9-5-6-12(16(17)18)13(14-9)15-10(2)8-11-4-3-7-19-11/h3-7,10H,8H2,1-2H3,(H,14,15). The number of nitrogens with zero attached hydrogens (tertiary/aromatic N) is 2. The van der Waals surface area contributed by atoms with E-state index in [4.69, 9.17) is 4.42 Å². The highest BCUT2D eigenvalue weighted by molar-refractivity contribution is 5.56. The summed E-state index contributed by atoms with van der Waals surface area (Å²) in [5, 5.41) is 14.0. The fraction of sp³-hybridized carbons (Fsp3) is 0.308. The van der Waals surface area contributed by atoms with Crippen molar-refractivity contribution in [3.8, 4) is 0 Å². The molecule has 6 nitrogen and oxygen atoms in total. The average molecular weight is 261 g/mol. The number of aryl methyl sites for hydroxylation is 1. The van der Waals surface area contributed by atoms with Gasteiger partial charge in [-0.15, -0.1) is 0 Å². The van der Waals surface area contributed by atoms with Crippen molar-refractivity contribution in [1.82, 2.24) is 4.98 Å². The lowest BCUT2D eigenvalue weighted by Gasteiger charge is -2.13. The number of nitrogens with one attached hydrogen (secondary N) is 1. The van der Waals surface area contributed by atoms with Crippen LogP contribution in [0.3, 0.4) is 0 Å². The van der Waals surface area contributed by atoms with Crippen LogP contribution in [0.2, 0.25) is 0 Å². The first-order valence-electron chi connectivity index (χ1n) is 5.97. The topological polar surface area (TPSA) is 81.2 Å². The number of hydrogen-bond donors (Lipinski definition) is 1. The molecule has 0 aliphatic rings. The lowest BCUT2D eigenvalue weighted by molar-refractivity contribution is -0.384. The number of nitro groups is 1. The molecule has 0 amide bonds. The Kier molecular flexibility index (Phi) is 3.79. The largest absolute Gasteiger partial charge is 0.469 e. The van der Waals surface area contributed by atoms with Gasteiger partial charge in [0.1, 0.15) is 5.76 Å². The first-order valence-corrected chi connectivity index (χ1v) is 5.97. The number of pyridine rings is 1. The second kappa shape index (κ2) is 5.51. The maximum Gasteiger partial charge on any atom is 0.311 e. The average Bonchev–Trinajstić information content (AvgIpc) is 2.81. The van der Waals surface area contributed by atoms with Gasteiger partial charge in [0.05, 0.1) is 11.2 Å². The SMILES string of the molecule is Cc1ccc([N+](=O)[O-])c(NC(C)Cc2ccco2)n1. The van der Waals surface area contributed by atoms with Crippen molar-refractivity contribution in [2.24, 2.45) is 0 Å². The molecule has 0 fully saturated rings. The highest BCUT2D eigenvalue weighted by Crippen LogP contribution is 2.23. The summed E-state index contributed by atoms with van der Waals surface area (Å²) in [6.07, 6.45) is 2.25. The molecule has 0 saturated carbocycles. The van der Waals surface area contributed by atoms with E-state index >= 15 is 0 Å². The molecule has 1 atom stereocenters. The highest BCUT2D eigenvalue weighted by atomic mass is 16.6. The van der Waals surface area contributed by atoms with Crippen molar-refractivity contribution in [2.75, 3.05) is 5.32 Å². The van der Waals surface area contributed by atoms with Crippen LogP contribution in [0.5, 0.6) is 0 Å². The van der Waals surface area contributed by atoms with Gasteiger partial charge in [0.15, 0.2) is 0 Å². The Morgan fingerprint density at radius 2 is 2.26 bits per heavy atom. The molecule has 0 bridgehead atoms. The molecule has 1 unspecified atom stereocenters. The molecular formula is C13H15N3O3. The smallest absolute Gasteiger partial charge is 0.311 e. The van der Waals surface area contributed by atoms with E-state index in [1.54, 1.807) is 19.3 Å². The number of anilines is 1. The molecule has 2 rings (SSSR count). The highest BCUT2D eigenvalue weighted by Gasteiger charge is 2.17. The summed E-state index contributed by atoms with van der Waals surface area (Å²) in [4.78, 5) is 14.7. The molecule has 2 aromatic heterocycles. The Bertz CT molecular complexity index is 567. The van der Waals surface area contributed by atoms with Gasteiger partial charge >= 0.3 is 5.69 Å². The van der Waals surface area contributed by atoms with Crippen LogP contribution in [0.1, 0.15) is 18.4 Å². The van der Waals surface area contributed by atoms with Crippen LogP contribution >= 0.6 is 0 Å². The van der Waals surface area contributed by atoms with Gasteiger partial charge in [-0.1, -0.05) is 0 Å². The van der Waals surface area contributed by atoms with Gasteiger partial charge in [-0.3, -0.25) is 10.1 Å². The molecule has 0 radical (unpaired) electrons. The Hall–Kier alpha value is -2.37. The molecule has 6 heteroatoms. The summed E-state index contributed by atoms with van der Waals surface area (Å²) < 4.78 is 5.25. The van der Waals surface area contributed by atoms with Gasteiger partial charge in [0, 0.05) is 24.2 Å². The minimum Gasteiger partial charge on any atom is -0.469 e. The van der Waals surface area contributed by atoms with Crippen LogP contribution in [0.15, 0.2) is 34.9 Å². The van der Waals surface area contributed by atoms with E-state index in [2.05, 4.69) is 10.3 Å². The van der Waals surface area contributed by atoms with E-state index in [0.717, 1.165) is 11.5 Å². The van der Waals surface area contributed by atoms with Crippen LogP contribution < -0.4 is 5.32 Å². The molecular weight excluding hydrogens is 246 g/mol. The summed E-state index contributed by atoms with van der Waals surface area (Å²) in [6.45, 7) is 3.72. The van der Waals surface area contributed by atoms with Crippen molar-refractivity contribution < 1.29 is 9.34 Å². The molecule has 0 saturated heterocycles. The van der Waals surface area contributed by atoms with Crippen molar-refractivity contribution in [3.05, 3.63) is 52.1 Å². The number of furan rings is 1. The van der Waals surface area contributed by atoms with Crippen molar-refractivity contribution >= 4 is 11.5 Å². The van der Waals surface area contributed by atoms with Crippen molar-refractivity contribution in [1.29, 1.82) is 0 Å². The van der Waals surface area contributed by atoms with Gasteiger partial charge < -0.3 is 9.73 Å². The van der Waals surface area contributed by atoms with Gasteiger partial charge in [0.2, 0.25) is 5.82 Å². The Balaban J connectivity index is 2.13. The minimum absolute atomic E-state index is 0.0147. The maximum absolute atomic E-state index is 10.9. The molecule has 0 aliphatic carbocycles. The zero-order chi connectivity index (χ0) is 13.8. The summed E-state index contributed by atoms with van der Waals surface area (Å²) in [5.74, 6) is 1.12. The predicted molar refractivity (Wildman–Crippen MR) is 71.1 cm³/mol. The molecule has 0 aromatic carbocycles. The Labute approximate surface area is 110 Å². The first kappa shape index (κ1) is 13.1. The van der Waals surface area contributed by atoms with E-state index < -0.39 is 4.92 Å². The van der Waals surface area contributed by atoms with Gasteiger partial charge in [-0.2, -0.15) is 0 Å². The lowest BCUT2D eigenvalue weighted by Crippen LogP contribution is -2.19. The summed E-state index contributed by atoms with van der Waals surface area (Å²) in [5.41, 5.74) is 0.718. The summed E-state index contributed by atoms with van der Waals surface area (Å²) in [7, 11) is 0. The zero-order valence-corrected chi connectivity index (χ0v) is 10.8. The fourth-order valence-corrected chi connectivity index (χ4v) is 1.82. The predicted octanol–water partition coefficient (Wildman–Crippen LogP) is 2.93. The second-order valence-corrected chi connectivity index (χ2v) is 4.41. The van der Waals surface area contributed by atoms with Crippen LogP contribution in [-0.4, -0.2) is 15.9 Å². The molecule has 0 spiro atoms. The molecule has 1 N–H and O–H groups in total. The van der Waals surface area contributed by atoms with E-state index in [1.165, 1.54) is 6.07 Å². The molecule has 0 aliphatic heterocycles. The number of hydrogen-bond acceptors (Lipinski definition) is 5. The third kappa shape index (κ3) is 3.31. The third-order valence-corrected chi connectivity index (χ3v) is 2.68. The van der Waals surface area contributed by atoms with Crippen LogP contribution in [0, 0.1) is 17.0 Å². The van der Waals surface area contributed by atoms with E-state index in [9.17, 15) is 10.1 Å². The summed E-state index contributed by atoms with van der Waals surface area (Å²) in [6, 6.07) is 6.76. The lowest BCUT2D eigenvalue weighted by atomic mass is 10.2. The summed E-state index contributed by atoms with van der Waals surface area (Å²) >= 11 is 0. The fourth-order valence-electron chi connectivity index (χ4n) is 1.82. The van der Waals surface area contributed by atoms with Gasteiger partial charge in [0.25, 0.3) is 0 Å². The zero-order valence-electron chi connectivity index (χ0n) is 10.8. The molecule has 2 heterocycles. The van der Waals surface area contributed by atoms with Gasteiger partial charge in [-0.05, 0) is 32.0 Å². The van der Waals surface area contributed by atoms with Crippen LogP contribution in [0.25, 0.3) is 0 Å². The van der Waals surface area contributed by atoms with Crippen molar-refractivity contribution in [2.45, 2.75) is 26.3 Å².